The molecular weight excluding hydrogens is 425 g/mol. The van der Waals surface area contributed by atoms with E-state index < -0.39 is 6.17 Å². The summed E-state index contributed by atoms with van der Waals surface area (Å²) in [5.41, 5.74) is 1.38. The Morgan fingerprint density at radius 2 is 1.97 bits per heavy atom. The van der Waals surface area contributed by atoms with Crippen LogP contribution in [0.2, 0.25) is 0 Å². The Morgan fingerprint density at radius 3 is 2.67 bits per heavy atom. The van der Waals surface area contributed by atoms with Gasteiger partial charge >= 0.3 is 0 Å². The second kappa shape index (κ2) is 7.98. The number of halogens is 1. The predicted octanol–water partition coefficient (Wildman–Crippen LogP) is 3.31. The molecule has 33 heavy (non-hydrogen) atoms. The first-order chi connectivity index (χ1) is 15.7. The Morgan fingerprint density at radius 1 is 1.18 bits per heavy atom. The van der Waals surface area contributed by atoms with Crippen LogP contribution in [-0.4, -0.2) is 83.5 Å². The highest BCUT2D eigenvalue weighted by Crippen LogP contribution is 2.39. The van der Waals surface area contributed by atoms with Crippen LogP contribution in [0.4, 0.5) is 10.2 Å². The van der Waals surface area contributed by atoms with Crippen molar-refractivity contribution in [2.75, 3.05) is 33.1 Å². The number of benzene rings is 1. The van der Waals surface area contributed by atoms with Crippen LogP contribution in [0.1, 0.15) is 29.8 Å². The molecule has 0 unspecified atom stereocenters. The number of phenolic OH excluding ortho intramolecular Hbond substituents is 1. The van der Waals surface area contributed by atoms with E-state index in [0.717, 1.165) is 19.3 Å². The van der Waals surface area contributed by atoms with Crippen molar-refractivity contribution in [3.63, 3.8) is 0 Å². The first kappa shape index (κ1) is 21.6. The normalized spacial score (nSPS) is 24.9. The van der Waals surface area contributed by atoms with E-state index in [1.165, 1.54) is 4.90 Å². The molecule has 3 aromatic rings. The second-order valence-electron chi connectivity index (χ2n) is 9.32. The van der Waals surface area contributed by atoms with Gasteiger partial charge in [0.05, 0.1) is 11.7 Å². The molecule has 0 aliphatic carbocycles. The third kappa shape index (κ3) is 3.60. The van der Waals surface area contributed by atoms with Gasteiger partial charge in [0.25, 0.3) is 5.91 Å². The Kier molecular flexibility index (Phi) is 5.23. The molecule has 0 radical (unpaired) electrons. The van der Waals surface area contributed by atoms with Gasteiger partial charge in [0.15, 0.2) is 11.6 Å². The number of carbonyl (C=O) groups excluding carboxylic acids is 1. The van der Waals surface area contributed by atoms with Crippen LogP contribution in [0.25, 0.3) is 22.2 Å². The number of fused-ring (bicyclic) bond motifs is 3. The molecule has 1 aromatic carbocycles. The summed E-state index contributed by atoms with van der Waals surface area (Å²) in [5.74, 6) is 0.543. The Bertz CT molecular complexity index is 1190. The van der Waals surface area contributed by atoms with Gasteiger partial charge in [0, 0.05) is 44.2 Å². The predicted molar refractivity (Wildman–Crippen MR) is 123 cm³/mol. The van der Waals surface area contributed by atoms with E-state index >= 15 is 4.39 Å². The van der Waals surface area contributed by atoms with Crippen LogP contribution >= 0.6 is 0 Å². The molecule has 0 saturated carbocycles. The number of furan rings is 1. The first-order valence-electron chi connectivity index (χ1n) is 11.2. The summed E-state index contributed by atoms with van der Waals surface area (Å²) in [6, 6.07) is 8.48. The van der Waals surface area contributed by atoms with Crippen LogP contribution in [0.15, 0.2) is 34.7 Å². The maximum atomic E-state index is 15.2. The molecule has 2 aliphatic heterocycles. The van der Waals surface area contributed by atoms with Crippen LogP contribution in [0.5, 0.6) is 5.75 Å². The zero-order valence-corrected chi connectivity index (χ0v) is 19.2. The summed E-state index contributed by atoms with van der Waals surface area (Å²) in [7, 11) is 7.17. The van der Waals surface area contributed by atoms with Crippen LogP contribution < -0.4 is 4.90 Å². The summed E-state index contributed by atoms with van der Waals surface area (Å²) in [5, 5.41) is 19.8. The fraction of sp³-hybridized carbons (Fsp3) is 0.458. The SMILES string of the molecule is CN(C)C(=O)c1cc2cc(O)c(-c3ccc(N(C)[C@@H]4C[C@H]5CC[C@@H]([C@@H]4F)N5C)nn3)cc2o1. The van der Waals surface area contributed by atoms with Gasteiger partial charge in [-0.1, -0.05) is 0 Å². The van der Waals surface area contributed by atoms with E-state index in [-0.39, 0.29) is 29.5 Å². The van der Waals surface area contributed by atoms with Crippen LogP contribution in [0.3, 0.4) is 0 Å². The Labute approximate surface area is 191 Å². The molecule has 8 nitrogen and oxygen atoms in total. The fourth-order valence-corrected chi connectivity index (χ4v) is 5.18. The van der Waals surface area contributed by atoms with Crippen molar-refractivity contribution < 1.29 is 18.7 Å². The lowest BCUT2D eigenvalue weighted by Crippen LogP contribution is -2.56. The highest BCUT2D eigenvalue weighted by molar-refractivity contribution is 5.97. The van der Waals surface area contributed by atoms with Gasteiger partial charge in [0.2, 0.25) is 0 Å². The summed E-state index contributed by atoms with van der Waals surface area (Å²) in [4.78, 5) is 17.7. The van der Waals surface area contributed by atoms with E-state index in [2.05, 4.69) is 15.1 Å². The Hall–Kier alpha value is -3.20. The van der Waals surface area contributed by atoms with Gasteiger partial charge in [0.1, 0.15) is 17.5 Å². The molecule has 4 atom stereocenters. The number of aromatic nitrogens is 2. The van der Waals surface area contributed by atoms with E-state index in [0.29, 0.717) is 34.1 Å². The van der Waals surface area contributed by atoms with Crippen LogP contribution in [-0.2, 0) is 0 Å². The van der Waals surface area contributed by atoms with Crippen molar-refractivity contribution in [2.45, 2.75) is 43.6 Å². The van der Waals surface area contributed by atoms with Gasteiger partial charge in [-0.15, -0.1) is 10.2 Å². The van der Waals surface area contributed by atoms with Crippen molar-refractivity contribution in [3.8, 4) is 17.0 Å². The molecule has 2 aromatic heterocycles. The fourth-order valence-electron chi connectivity index (χ4n) is 5.18. The van der Waals surface area contributed by atoms with E-state index in [4.69, 9.17) is 4.42 Å². The largest absolute Gasteiger partial charge is 0.507 e. The number of rotatable bonds is 4. The van der Waals surface area contributed by atoms with Crippen molar-refractivity contribution in [1.82, 2.24) is 20.0 Å². The Balaban J connectivity index is 1.40. The third-order valence-corrected chi connectivity index (χ3v) is 7.18. The quantitative estimate of drug-likeness (QED) is 0.649. The molecular formula is C24H28FN5O3. The molecule has 174 valence electrons. The number of aromatic hydroxyl groups is 1. The topological polar surface area (TPSA) is 85.9 Å². The number of nitrogens with zero attached hydrogens (tertiary/aromatic N) is 5. The maximum Gasteiger partial charge on any atom is 0.289 e. The summed E-state index contributed by atoms with van der Waals surface area (Å²) in [6.45, 7) is 0. The average Bonchev–Trinajstić information content (AvgIpc) is 3.32. The van der Waals surface area contributed by atoms with Gasteiger partial charge in [-0.3, -0.25) is 9.69 Å². The lowest BCUT2D eigenvalue weighted by atomic mass is 9.95. The lowest BCUT2D eigenvalue weighted by molar-refractivity contribution is 0.0701. The van der Waals surface area contributed by atoms with Crippen molar-refractivity contribution in [1.29, 1.82) is 0 Å². The monoisotopic (exact) mass is 453 g/mol. The summed E-state index contributed by atoms with van der Waals surface area (Å²) in [6.07, 6.45) is 1.75. The molecule has 2 saturated heterocycles. The zero-order chi connectivity index (χ0) is 23.4. The molecule has 4 heterocycles. The van der Waals surface area contributed by atoms with Gasteiger partial charge < -0.3 is 19.3 Å². The third-order valence-electron chi connectivity index (χ3n) is 7.18. The van der Waals surface area contributed by atoms with Crippen molar-refractivity contribution in [2.24, 2.45) is 0 Å². The molecule has 5 rings (SSSR count). The summed E-state index contributed by atoms with van der Waals surface area (Å²) >= 11 is 0. The summed E-state index contributed by atoms with van der Waals surface area (Å²) < 4.78 is 20.9. The number of carbonyl (C=O) groups is 1. The van der Waals surface area contributed by atoms with Crippen molar-refractivity contribution >= 4 is 22.7 Å². The number of alkyl halides is 1. The minimum absolute atomic E-state index is 0.0123. The highest BCUT2D eigenvalue weighted by atomic mass is 19.1. The molecule has 9 heteroatoms. The standard InChI is InChI=1S/C24H28FN5O3/c1-28(2)24(32)21-10-13-9-19(31)15(12-20(13)33-21)16-6-8-22(27-26-16)30(4)18-11-14-5-7-17(23(18)25)29(14)3/h6,8-10,12,14,17-18,23,31H,5,7,11H2,1-4H3/t14-,17+,18-,23+/m1/s1. The van der Waals surface area contributed by atoms with E-state index in [9.17, 15) is 9.90 Å². The van der Waals surface area contributed by atoms with Crippen molar-refractivity contribution in [3.05, 3.63) is 36.1 Å². The van der Waals surface area contributed by atoms with E-state index in [1.54, 1.807) is 44.4 Å². The van der Waals surface area contributed by atoms with Gasteiger partial charge in [-0.25, -0.2) is 4.39 Å². The minimum Gasteiger partial charge on any atom is -0.507 e. The molecule has 1 amide bonds. The number of piperidine rings is 1. The van der Waals surface area contributed by atoms with Crippen LogP contribution in [0, 0.1) is 0 Å². The first-order valence-corrected chi connectivity index (χ1v) is 11.2. The molecule has 2 fully saturated rings. The number of hydrogen-bond donors (Lipinski definition) is 1. The average molecular weight is 454 g/mol. The lowest BCUT2D eigenvalue weighted by Gasteiger charge is -2.43. The minimum atomic E-state index is -0.940. The molecule has 0 spiro atoms. The second-order valence-corrected chi connectivity index (χ2v) is 9.32. The molecule has 2 aliphatic rings. The molecule has 1 N–H and O–H groups in total. The maximum absolute atomic E-state index is 15.2. The highest BCUT2D eigenvalue weighted by Gasteiger charge is 2.47. The number of phenols is 1. The number of anilines is 1. The zero-order valence-electron chi connectivity index (χ0n) is 19.2. The van der Waals surface area contributed by atoms with Gasteiger partial charge in [-0.05, 0) is 56.6 Å². The van der Waals surface area contributed by atoms with Gasteiger partial charge in [-0.2, -0.15) is 0 Å². The number of hydrogen-bond acceptors (Lipinski definition) is 7. The van der Waals surface area contributed by atoms with E-state index in [1.807, 2.05) is 19.0 Å². The molecule has 2 bridgehead atoms. The smallest absolute Gasteiger partial charge is 0.289 e. The number of amides is 1.